The minimum atomic E-state index is -0.350. The predicted octanol–water partition coefficient (Wildman–Crippen LogP) is 3.11. The second-order valence-corrected chi connectivity index (χ2v) is 5.78. The molecule has 0 amide bonds. The highest BCUT2D eigenvalue weighted by atomic mass is 16.5. The molecule has 21 heavy (non-hydrogen) atoms. The summed E-state index contributed by atoms with van der Waals surface area (Å²) in [4.78, 5) is 12.0. The molecule has 0 bridgehead atoms. The first-order valence-corrected chi connectivity index (χ1v) is 7.52. The minimum Gasteiger partial charge on any atom is -0.465 e. The van der Waals surface area contributed by atoms with Crippen LogP contribution in [0.25, 0.3) is 5.52 Å². The molecule has 5 nitrogen and oxygen atoms in total. The molecular formula is C16H21N3O2. The Kier molecular flexibility index (Phi) is 3.82. The van der Waals surface area contributed by atoms with Crippen molar-refractivity contribution in [3.8, 4) is 0 Å². The second kappa shape index (κ2) is 5.76. The molecule has 2 atom stereocenters. The standard InChI is InChI=1S/C16H21N3O2/c1-11-6-3-4-7-13(11)18-15-12(16(20)21-2)10-17-19-9-5-8-14(15)19/h5,8-11,13,18H,3-4,6-7H2,1-2H3/t11-,13+/m1/s1. The van der Waals surface area contributed by atoms with Crippen LogP contribution in [0.3, 0.4) is 0 Å². The highest BCUT2D eigenvalue weighted by molar-refractivity contribution is 5.99. The largest absolute Gasteiger partial charge is 0.465 e. The maximum absolute atomic E-state index is 12.0. The summed E-state index contributed by atoms with van der Waals surface area (Å²) in [7, 11) is 1.40. The smallest absolute Gasteiger partial charge is 0.341 e. The number of aromatic nitrogens is 2. The average molecular weight is 287 g/mol. The van der Waals surface area contributed by atoms with Crippen molar-refractivity contribution in [2.75, 3.05) is 12.4 Å². The summed E-state index contributed by atoms with van der Waals surface area (Å²) in [5.74, 6) is 0.254. The highest BCUT2D eigenvalue weighted by Crippen LogP contribution is 2.30. The summed E-state index contributed by atoms with van der Waals surface area (Å²) >= 11 is 0. The third-order valence-corrected chi connectivity index (χ3v) is 4.41. The van der Waals surface area contributed by atoms with Crippen LogP contribution in [0.5, 0.6) is 0 Å². The van der Waals surface area contributed by atoms with Gasteiger partial charge in [-0.3, -0.25) is 0 Å². The number of esters is 1. The number of fused-ring (bicyclic) bond motifs is 1. The van der Waals surface area contributed by atoms with E-state index in [1.807, 2.05) is 18.3 Å². The van der Waals surface area contributed by atoms with Crippen LogP contribution in [0, 0.1) is 5.92 Å². The van der Waals surface area contributed by atoms with Crippen LogP contribution in [0.2, 0.25) is 0 Å². The molecule has 0 aromatic carbocycles. The molecule has 2 heterocycles. The van der Waals surface area contributed by atoms with E-state index in [4.69, 9.17) is 4.74 Å². The number of ether oxygens (including phenoxy) is 1. The second-order valence-electron chi connectivity index (χ2n) is 5.78. The fourth-order valence-corrected chi connectivity index (χ4v) is 3.13. The first kappa shape index (κ1) is 13.9. The van der Waals surface area contributed by atoms with Crippen LogP contribution in [0.15, 0.2) is 24.5 Å². The number of carbonyl (C=O) groups excluding carboxylic acids is 1. The van der Waals surface area contributed by atoms with Gasteiger partial charge in [0, 0.05) is 12.2 Å². The molecule has 1 N–H and O–H groups in total. The lowest BCUT2D eigenvalue weighted by Gasteiger charge is -2.31. The lowest BCUT2D eigenvalue weighted by molar-refractivity contribution is 0.0601. The molecule has 2 aromatic rings. The van der Waals surface area contributed by atoms with Gasteiger partial charge < -0.3 is 10.1 Å². The van der Waals surface area contributed by atoms with Gasteiger partial charge in [0.2, 0.25) is 0 Å². The van der Waals surface area contributed by atoms with E-state index in [0.717, 1.165) is 17.6 Å². The van der Waals surface area contributed by atoms with Gasteiger partial charge in [0.05, 0.1) is 24.5 Å². The quantitative estimate of drug-likeness (QED) is 0.881. The van der Waals surface area contributed by atoms with Crippen LogP contribution >= 0.6 is 0 Å². The third kappa shape index (κ3) is 2.60. The zero-order chi connectivity index (χ0) is 14.8. The molecule has 0 spiro atoms. The maximum atomic E-state index is 12.0. The highest BCUT2D eigenvalue weighted by Gasteiger charge is 2.24. The molecule has 0 saturated heterocycles. The Morgan fingerprint density at radius 2 is 2.24 bits per heavy atom. The van der Waals surface area contributed by atoms with Crippen LogP contribution in [0.1, 0.15) is 43.0 Å². The molecule has 1 aliphatic carbocycles. The van der Waals surface area contributed by atoms with Gasteiger partial charge in [-0.2, -0.15) is 5.10 Å². The van der Waals surface area contributed by atoms with E-state index < -0.39 is 0 Å². The first-order chi connectivity index (χ1) is 10.2. The van der Waals surface area contributed by atoms with Gasteiger partial charge in [-0.05, 0) is 30.9 Å². The summed E-state index contributed by atoms with van der Waals surface area (Å²) in [6.45, 7) is 2.27. The lowest BCUT2D eigenvalue weighted by Crippen LogP contribution is -2.31. The molecule has 3 rings (SSSR count). The fraction of sp³-hybridized carbons (Fsp3) is 0.500. The Morgan fingerprint density at radius 1 is 1.43 bits per heavy atom. The van der Waals surface area contributed by atoms with Crippen molar-refractivity contribution < 1.29 is 9.53 Å². The molecule has 1 saturated carbocycles. The van der Waals surface area contributed by atoms with Gasteiger partial charge in [-0.25, -0.2) is 9.31 Å². The number of methoxy groups -OCH3 is 1. The van der Waals surface area contributed by atoms with E-state index in [1.165, 1.54) is 26.4 Å². The van der Waals surface area contributed by atoms with Gasteiger partial charge in [-0.1, -0.05) is 19.8 Å². The number of anilines is 1. The van der Waals surface area contributed by atoms with Gasteiger partial charge in [0.25, 0.3) is 0 Å². The Labute approximate surface area is 124 Å². The van der Waals surface area contributed by atoms with E-state index >= 15 is 0 Å². The van der Waals surface area contributed by atoms with Crippen LogP contribution in [-0.2, 0) is 4.74 Å². The van der Waals surface area contributed by atoms with E-state index in [-0.39, 0.29) is 5.97 Å². The lowest BCUT2D eigenvalue weighted by atomic mass is 9.85. The molecule has 0 aliphatic heterocycles. The van der Waals surface area contributed by atoms with Crippen molar-refractivity contribution in [3.63, 3.8) is 0 Å². The van der Waals surface area contributed by atoms with Crippen molar-refractivity contribution in [2.45, 2.75) is 38.6 Å². The fourth-order valence-electron chi connectivity index (χ4n) is 3.13. The summed E-state index contributed by atoms with van der Waals surface area (Å²) < 4.78 is 6.67. The minimum absolute atomic E-state index is 0.350. The van der Waals surface area contributed by atoms with E-state index in [9.17, 15) is 4.79 Å². The van der Waals surface area contributed by atoms with Gasteiger partial charge >= 0.3 is 5.97 Å². The van der Waals surface area contributed by atoms with Gasteiger partial charge in [0.15, 0.2) is 0 Å². The van der Waals surface area contributed by atoms with E-state index in [1.54, 1.807) is 10.7 Å². The number of carbonyl (C=O) groups is 1. The Hall–Kier alpha value is -2.04. The summed E-state index contributed by atoms with van der Waals surface area (Å²) in [5.41, 5.74) is 2.25. The zero-order valence-corrected chi connectivity index (χ0v) is 12.5. The molecule has 112 valence electrons. The maximum Gasteiger partial charge on any atom is 0.341 e. The van der Waals surface area contributed by atoms with Gasteiger partial charge in [0.1, 0.15) is 5.56 Å². The summed E-state index contributed by atoms with van der Waals surface area (Å²) in [6, 6.07) is 4.29. The molecular weight excluding hydrogens is 266 g/mol. The normalized spacial score (nSPS) is 22.2. The van der Waals surface area contributed by atoms with E-state index in [2.05, 4.69) is 17.3 Å². The molecule has 1 fully saturated rings. The number of nitrogens with zero attached hydrogens (tertiary/aromatic N) is 2. The summed E-state index contributed by atoms with van der Waals surface area (Å²) in [5, 5.41) is 7.84. The Bertz CT molecular complexity index is 650. The van der Waals surface area contributed by atoms with Gasteiger partial charge in [-0.15, -0.1) is 0 Å². The monoisotopic (exact) mass is 287 g/mol. The third-order valence-electron chi connectivity index (χ3n) is 4.41. The van der Waals surface area contributed by atoms with Crippen molar-refractivity contribution >= 4 is 17.2 Å². The van der Waals surface area contributed by atoms with Crippen molar-refractivity contribution in [1.29, 1.82) is 0 Å². The van der Waals surface area contributed by atoms with Crippen LogP contribution in [0.4, 0.5) is 5.69 Å². The molecule has 1 aliphatic rings. The number of rotatable bonds is 3. The summed E-state index contributed by atoms with van der Waals surface area (Å²) in [6.07, 6.45) is 8.35. The van der Waals surface area contributed by atoms with E-state index in [0.29, 0.717) is 17.5 Å². The molecule has 0 radical (unpaired) electrons. The Balaban J connectivity index is 2.01. The van der Waals surface area contributed by atoms with Crippen molar-refractivity contribution in [1.82, 2.24) is 9.61 Å². The van der Waals surface area contributed by atoms with Crippen molar-refractivity contribution in [2.24, 2.45) is 5.92 Å². The number of hydrogen-bond acceptors (Lipinski definition) is 4. The van der Waals surface area contributed by atoms with Crippen molar-refractivity contribution in [3.05, 3.63) is 30.1 Å². The predicted molar refractivity (Wildman–Crippen MR) is 81.6 cm³/mol. The SMILES string of the molecule is COC(=O)c1cnn2cccc2c1N[C@H]1CCCC[C@H]1C. The number of nitrogens with one attached hydrogen (secondary N) is 1. The zero-order valence-electron chi connectivity index (χ0n) is 12.5. The molecule has 2 aromatic heterocycles. The number of hydrogen-bond donors (Lipinski definition) is 1. The topological polar surface area (TPSA) is 55.6 Å². The molecule has 0 unspecified atom stereocenters. The molecule has 5 heteroatoms. The van der Waals surface area contributed by atoms with Crippen LogP contribution in [-0.4, -0.2) is 28.7 Å². The van der Waals surface area contributed by atoms with Crippen LogP contribution < -0.4 is 5.32 Å². The average Bonchev–Trinajstić information content (AvgIpc) is 2.98. The first-order valence-electron chi connectivity index (χ1n) is 7.52. The Morgan fingerprint density at radius 3 is 3.00 bits per heavy atom.